The second-order valence-corrected chi connectivity index (χ2v) is 7.45. The highest BCUT2D eigenvalue weighted by Crippen LogP contribution is 2.26. The lowest BCUT2D eigenvalue weighted by Crippen LogP contribution is -2.18. The van der Waals surface area contributed by atoms with Gasteiger partial charge < -0.3 is 4.57 Å². The summed E-state index contributed by atoms with van der Waals surface area (Å²) in [4.78, 5) is 17.3. The Morgan fingerprint density at radius 2 is 2.17 bits per heavy atom. The number of hydrogen-bond donors (Lipinski definition) is 0. The predicted octanol–water partition coefficient (Wildman–Crippen LogP) is 4.39. The lowest BCUT2D eigenvalue weighted by atomic mass is 9.87. The van der Waals surface area contributed by atoms with E-state index in [0.29, 0.717) is 28.7 Å². The molecule has 1 fully saturated rings. The molecule has 1 aliphatic carbocycles. The molecule has 0 saturated heterocycles. The summed E-state index contributed by atoms with van der Waals surface area (Å²) < 4.78 is 2.91. The van der Waals surface area contributed by atoms with Crippen LogP contribution in [-0.2, 0) is 11.3 Å². The van der Waals surface area contributed by atoms with Crippen LogP contribution >= 0.6 is 22.9 Å². The second kappa shape index (κ2) is 7.33. The number of nitrogens with zero attached hydrogens (tertiary/aromatic N) is 2. The number of terminal acetylenes is 1. The van der Waals surface area contributed by atoms with Gasteiger partial charge in [-0.05, 0) is 37.0 Å². The van der Waals surface area contributed by atoms with Gasteiger partial charge in [-0.25, -0.2) is 0 Å². The van der Waals surface area contributed by atoms with Crippen LogP contribution in [0.5, 0.6) is 0 Å². The number of amides is 1. The molecule has 1 amide bonds. The van der Waals surface area contributed by atoms with Gasteiger partial charge in [0.15, 0.2) is 4.80 Å². The molecular weight excluding hydrogens is 328 g/mol. The molecule has 0 spiro atoms. The van der Waals surface area contributed by atoms with E-state index in [9.17, 15) is 4.79 Å². The van der Waals surface area contributed by atoms with Crippen molar-refractivity contribution in [3.63, 3.8) is 0 Å². The van der Waals surface area contributed by atoms with Crippen molar-refractivity contribution in [3.8, 4) is 12.3 Å². The molecule has 0 aliphatic heterocycles. The second-order valence-electron chi connectivity index (χ2n) is 6.00. The van der Waals surface area contributed by atoms with Crippen molar-refractivity contribution in [1.82, 2.24) is 4.57 Å². The zero-order chi connectivity index (χ0) is 16.2. The monoisotopic (exact) mass is 346 g/mol. The standard InChI is InChI=1S/C18H19ClN2OS/c1-2-10-21-15-9-8-14(19)12-16(15)23-18(21)20-17(22)11-13-6-4-3-5-7-13/h1,8-9,12-13H,3-7,10-11H2. The van der Waals surface area contributed by atoms with Gasteiger partial charge in [0.05, 0.1) is 16.8 Å². The van der Waals surface area contributed by atoms with E-state index < -0.39 is 0 Å². The number of carbonyl (C=O) groups is 1. The zero-order valence-electron chi connectivity index (χ0n) is 12.9. The third-order valence-electron chi connectivity index (χ3n) is 4.30. The van der Waals surface area contributed by atoms with Crippen LogP contribution in [0.2, 0.25) is 5.02 Å². The van der Waals surface area contributed by atoms with Gasteiger partial charge in [0.2, 0.25) is 5.91 Å². The number of rotatable bonds is 3. The van der Waals surface area contributed by atoms with Crippen LogP contribution in [0.4, 0.5) is 0 Å². The van der Waals surface area contributed by atoms with Crippen LogP contribution in [0, 0.1) is 18.3 Å². The number of thiazole rings is 1. The molecule has 1 saturated carbocycles. The number of carbonyl (C=O) groups excluding carboxylic acids is 1. The van der Waals surface area contributed by atoms with Gasteiger partial charge in [0.25, 0.3) is 0 Å². The fourth-order valence-corrected chi connectivity index (χ4v) is 4.49. The third-order valence-corrected chi connectivity index (χ3v) is 5.58. The summed E-state index contributed by atoms with van der Waals surface area (Å²) in [6.07, 6.45) is 12.1. The largest absolute Gasteiger partial charge is 0.305 e. The summed E-state index contributed by atoms with van der Waals surface area (Å²) in [6.45, 7) is 0.400. The van der Waals surface area contributed by atoms with E-state index in [2.05, 4.69) is 10.9 Å². The highest BCUT2D eigenvalue weighted by atomic mass is 35.5. The van der Waals surface area contributed by atoms with Crippen LogP contribution < -0.4 is 4.80 Å². The summed E-state index contributed by atoms with van der Waals surface area (Å²) >= 11 is 7.52. The Kier molecular flexibility index (Phi) is 5.20. The number of halogens is 1. The molecule has 1 aromatic carbocycles. The lowest BCUT2D eigenvalue weighted by Gasteiger charge is -2.19. The van der Waals surface area contributed by atoms with Crippen LogP contribution in [0.3, 0.4) is 0 Å². The third kappa shape index (κ3) is 3.85. The van der Waals surface area contributed by atoms with Crippen molar-refractivity contribution in [1.29, 1.82) is 0 Å². The molecule has 0 bridgehead atoms. The highest BCUT2D eigenvalue weighted by molar-refractivity contribution is 7.16. The summed E-state index contributed by atoms with van der Waals surface area (Å²) in [5.41, 5.74) is 0.974. The Balaban J connectivity index is 1.92. The Labute approximate surface area is 145 Å². The SMILES string of the molecule is C#CCn1c(=NC(=O)CC2CCCCC2)sc2cc(Cl)ccc21. The van der Waals surface area contributed by atoms with E-state index in [1.807, 2.05) is 22.8 Å². The topological polar surface area (TPSA) is 34.4 Å². The molecule has 23 heavy (non-hydrogen) atoms. The van der Waals surface area contributed by atoms with Gasteiger partial charge in [0.1, 0.15) is 0 Å². The van der Waals surface area contributed by atoms with Crippen molar-refractivity contribution in [3.05, 3.63) is 28.0 Å². The molecule has 3 nitrogen and oxygen atoms in total. The van der Waals surface area contributed by atoms with Crippen molar-refractivity contribution in [2.75, 3.05) is 0 Å². The van der Waals surface area contributed by atoms with E-state index in [4.69, 9.17) is 18.0 Å². The maximum atomic E-state index is 12.3. The molecule has 120 valence electrons. The van der Waals surface area contributed by atoms with Gasteiger partial charge in [-0.15, -0.1) is 6.42 Å². The molecule has 1 aliphatic rings. The fourth-order valence-electron chi connectivity index (χ4n) is 3.17. The van der Waals surface area contributed by atoms with Crippen LogP contribution in [0.15, 0.2) is 23.2 Å². The smallest absolute Gasteiger partial charge is 0.248 e. The number of hydrogen-bond acceptors (Lipinski definition) is 2. The molecule has 1 heterocycles. The van der Waals surface area contributed by atoms with E-state index >= 15 is 0 Å². The van der Waals surface area contributed by atoms with E-state index in [1.165, 1.54) is 30.6 Å². The van der Waals surface area contributed by atoms with Gasteiger partial charge in [-0.3, -0.25) is 4.79 Å². The molecule has 0 unspecified atom stereocenters. The molecule has 0 N–H and O–H groups in total. The first-order valence-corrected chi connectivity index (χ1v) is 9.17. The van der Waals surface area contributed by atoms with Crippen molar-refractivity contribution in [2.24, 2.45) is 10.9 Å². The molecule has 0 atom stereocenters. The highest BCUT2D eigenvalue weighted by Gasteiger charge is 2.17. The maximum Gasteiger partial charge on any atom is 0.248 e. The molecule has 3 rings (SSSR count). The van der Waals surface area contributed by atoms with Gasteiger partial charge >= 0.3 is 0 Å². The van der Waals surface area contributed by atoms with E-state index in [1.54, 1.807) is 0 Å². The first-order valence-electron chi connectivity index (χ1n) is 7.97. The Morgan fingerprint density at radius 3 is 2.91 bits per heavy atom. The minimum absolute atomic E-state index is 0.0414. The lowest BCUT2D eigenvalue weighted by molar-refractivity contribution is -0.119. The molecular formula is C18H19ClN2OS. The van der Waals surface area contributed by atoms with E-state index in [0.717, 1.165) is 23.1 Å². The quantitative estimate of drug-likeness (QED) is 0.759. The van der Waals surface area contributed by atoms with E-state index in [-0.39, 0.29) is 5.91 Å². The van der Waals surface area contributed by atoms with Crippen LogP contribution in [0.1, 0.15) is 38.5 Å². The number of fused-ring (bicyclic) bond motifs is 1. The normalized spacial score (nSPS) is 16.6. The summed E-state index contributed by atoms with van der Waals surface area (Å²) in [5, 5.41) is 0.673. The average Bonchev–Trinajstić information content (AvgIpc) is 2.85. The Hall–Kier alpha value is -1.57. The Morgan fingerprint density at radius 1 is 1.39 bits per heavy atom. The van der Waals surface area contributed by atoms with Gasteiger partial charge in [-0.2, -0.15) is 4.99 Å². The molecule has 5 heteroatoms. The van der Waals surface area contributed by atoms with Crippen molar-refractivity contribution < 1.29 is 4.79 Å². The van der Waals surface area contributed by atoms with Crippen molar-refractivity contribution >= 4 is 39.1 Å². The predicted molar refractivity (Wildman–Crippen MR) is 95.4 cm³/mol. The van der Waals surface area contributed by atoms with Crippen LogP contribution in [0.25, 0.3) is 10.2 Å². The van der Waals surface area contributed by atoms with Crippen LogP contribution in [-0.4, -0.2) is 10.5 Å². The number of aromatic nitrogens is 1. The van der Waals surface area contributed by atoms with Crippen molar-refractivity contribution in [2.45, 2.75) is 45.1 Å². The minimum Gasteiger partial charge on any atom is -0.305 e. The Bertz CT molecular complexity index is 822. The first kappa shape index (κ1) is 16.3. The molecule has 2 aromatic rings. The molecule has 0 radical (unpaired) electrons. The summed E-state index contributed by atoms with van der Waals surface area (Å²) in [5.74, 6) is 3.09. The number of benzene rings is 1. The minimum atomic E-state index is -0.0414. The zero-order valence-corrected chi connectivity index (χ0v) is 14.5. The summed E-state index contributed by atoms with van der Waals surface area (Å²) in [6, 6.07) is 5.65. The first-order chi connectivity index (χ1) is 11.2. The maximum absolute atomic E-state index is 12.3. The fraction of sp³-hybridized carbons (Fsp3) is 0.444. The average molecular weight is 347 g/mol. The van der Waals surface area contributed by atoms with Gasteiger partial charge in [-0.1, -0.05) is 48.1 Å². The van der Waals surface area contributed by atoms with Gasteiger partial charge in [0, 0.05) is 11.4 Å². The summed E-state index contributed by atoms with van der Waals surface area (Å²) in [7, 11) is 0. The molecule has 1 aromatic heterocycles.